The van der Waals surface area contributed by atoms with Crippen molar-refractivity contribution < 1.29 is 4.79 Å². The smallest absolute Gasteiger partial charge is 0.223 e. The van der Waals surface area contributed by atoms with Crippen LogP contribution in [0, 0.1) is 11.8 Å². The Morgan fingerprint density at radius 2 is 1.90 bits per heavy atom. The summed E-state index contributed by atoms with van der Waals surface area (Å²) in [5, 5.41) is 3.12. The molecule has 2 aliphatic rings. The fraction of sp³-hybridized carbons (Fsp3) is 0.824. The first-order valence-electron chi connectivity index (χ1n) is 8.13. The summed E-state index contributed by atoms with van der Waals surface area (Å²) < 4.78 is 0. The van der Waals surface area contributed by atoms with Crippen molar-refractivity contribution >= 4 is 5.91 Å². The van der Waals surface area contributed by atoms with Gasteiger partial charge in [-0.15, -0.1) is 0 Å². The molecule has 3 heteroatoms. The summed E-state index contributed by atoms with van der Waals surface area (Å²) in [4.78, 5) is 14.7. The molecule has 1 unspecified atom stereocenters. The van der Waals surface area contributed by atoms with Gasteiger partial charge in [-0.25, -0.2) is 0 Å². The number of amides is 1. The van der Waals surface area contributed by atoms with Gasteiger partial charge >= 0.3 is 0 Å². The molecule has 1 heterocycles. The molecule has 20 heavy (non-hydrogen) atoms. The molecule has 0 radical (unpaired) electrons. The van der Waals surface area contributed by atoms with Gasteiger partial charge in [0.15, 0.2) is 0 Å². The third kappa shape index (κ3) is 4.93. The van der Waals surface area contributed by atoms with E-state index in [2.05, 4.69) is 43.1 Å². The fourth-order valence-electron chi connectivity index (χ4n) is 3.24. The second-order valence-electron chi connectivity index (χ2n) is 7.46. The molecule has 1 aliphatic heterocycles. The van der Waals surface area contributed by atoms with Gasteiger partial charge in [0.05, 0.1) is 0 Å². The number of likely N-dealkylation sites (tertiary alicyclic amines) is 1. The van der Waals surface area contributed by atoms with Gasteiger partial charge in [-0.3, -0.25) is 4.79 Å². The van der Waals surface area contributed by atoms with E-state index in [1.165, 1.54) is 25.8 Å². The van der Waals surface area contributed by atoms with Crippen LogP contribution < -0.4 is 5.32 Å². The van der Waals surface area contributed by atoms with Crippen LogP contribution in [0.15, 0.2) is 12.2 Å². The van der Waals surface area contributed by atoms with Crippen LogP contribution in [-0.2, 0) is 4.79 Å². The van der Waals surface area contributed by atoms with E-state index in [0.717, 1.165) is 31.8 Å². The molecule has 1 atom stereocenters. The van der Waals surface area contributed by atoms with Crippen LogP contribution in [-0.4, -0.2) is 36.0 Å². The summed E-state index contributed by atoms with van der Waals surface area (Å²) in [6.45, 7) is 9.55. The van der Waals surface area contributed by atoms with Gasteiger partial charge in [-0.1, -0.05) is 12.2 Å². The van der Waals surface area contributed by atoms with E-state index in [-0.39, 0.29) is 17.4 Å². The summed E-state index contributed by atoms with van der Waals surface area (Å²) in [5.41, 5.74) is -0.108. The summed E-state index contributed by atoms with van der Waals surface area (Å²) in [6.07, 6.45) is 10.5. The number of rotatable bonds is 3. The molecule has 1 amide bonds. The molecule has 0 spiro atoms. The van der Waals surface area contributed by atoms with Crippen molar-refractivity contribution in [3.8, 4) is 0 Å². The fourth-order valence-corrected chi connectivity index (χ4v) is 3.24. The van der Waals surface area contributed by atoms with E-state index >= 15 is 0 Å². The van der Waals surface area contributed by atoms with Crippen LogP contribution in [0.3, 0.4) is 0 Å². The molecule has 0 aromatic carbocycles. The Hall–Kier alpha value is -0.830. The largest absolute Gasteiger partial charge is 0.351 e. The minimum atomic E-state index is -0.108. The lowest BCUT2D eigenvalue weighted by Gasteiger charge is -2.35. The van der Waals surface area contributed by atoms with E-state index in [9.17, 15) is 4.79 Å². The molecule has 0 aromatic rings. The SMILES string of the molecule is CC(C)(C)NC(=O)C1CCN(CC2CC=CCC2)CC1. The third-order valence-corrected chi connectivity index (χ3v) is 4.35. The van der Waals surface area contributed by atoms with Gasteiger partial charge in [0, 0.05) is 18.0 Å². The van der Waals surface area contributed by atoms with Gasteiger partial charge < -0.3 is 10.2 Å². The first-order valence-corrected chi connectivity index (χ1v) is 8.13. The van der Waals surface area contributed by atoms with Crippen molar-refractivity contribution in [1.29, 1.82) is 0 Å². The molecule has 1 fully saturated rings. The number of carbonyl (C=O) groups is 1. The van der Waals surface area contributed by atoms with Crippen LogP contribution in [0.2, 0.25) is 0 Å². The van der Waals surface area contributed by atoms with Crippen LogP contribution >= 0.6 is 0 Å². The molecule has 0 bridgehead atoms. The monoisotopic (exact) mass is 278 g/mol. The Bertz CT molecular complexity index is 348. The van der Waals surface area contributed by atoms with Crippen LogP contribution in [0.4, 0.5) is 0 Å². The number of allylic oxidation sites excluding steroid dienone is 2. The predicted molar refractivity (Wildman–Crippen MR) is 83.5 cm³/mol. The molecule has 0 aromatic heterocycles. The van der Waals surface area contributed by atoms with Gasteiger partial charge in [0.1, 0.15) is 0 Å². The summed E-state index contributed by atoms with van der Waals surface area (Å²) >= 11 is 0. The van der Waals surface area contributed by atoms with Gasteiger partial charge in [-0.2, -0.15) is 0 Å². The topological polar surface area (TPSA) is 32.3 Å². The predicted octanol–water partition coefficient (Wildman–Crippen LogP) is 2.97. The highest BCUT2D eigenvalue weighted by molar-refractivity contribution is 5.79. The summed E-state index contributed by atoms with van der Waals surface area (Å²) in [6, 6.07) is 0. The second-order valence-corrected chi connectivity index (χ2v) is 7.46. The van der Waals surface area contributed by atoms with Crippen molar-refractivity contribution in [2.24, 2.45) is 11.8 Å². The molecular formula is C17H30N2O. The third-order valence-electron chi connectivity index (χ3n) is 4.35. The van der Waals surface area contributed by atoms with Crippen LogP contribution in [0.5, 0.6) is 0 Å². The Morgan fingerprint density at radius 1 is 1.20 bits per heavy atom. The van der Waals surface area contributed by atoms with Crippen LogP contribution in [0.1, 0.15) is 52.9 Å². The molecule has 0 saturated carbocycles. The number of nitrogens with one attached hydrogen (secondary N) is 1. The second kappa shape index (κ2) is 6.75. The van der Waals surface area contributed by atoms with E-state index < -0.39 is 0 Å². The zero-order chi connectivity index (χ0) is 14.6. The average Bonchev–Trinajstić information content (AvgIpc) is 2.39. The number of carbonyl (C=O) groups excluding carboxylic acids is 1. The Balaban J connectivity index is 1.72. The number of hydrogen-bond donors (Lipinski definition) is 1. The summed E-state index contributed by atoms with van der Waals surface area (Å²) in [7, 11) is 0. The maximum absolute atomic E-state index is 12.2. The molecular weight excluding hydrogens is 248 g/mol. The van der Waals surface area contributed by atoms with Crippen molar-refractivity contribution in [1.82, 2.24) is 10.2 Å². The first-order chi connectivity index (χ1) is 9.44. The summed E-state index contributed by atoms with van der Waals surface area (Å²) in [5.74, 6) is 1.30. The lowest BCUT2D eigenvalue weighted by atomic mass is 9.91. The van der Waals surface area contributed by atoms with Crippen LogP contribution in [0.25, 0.3) is 0 Å². The van der Waals surface area contributed by atoms with Crippen molar-refractivity contribution in [3.05, 3.63) is 12.2 Å². The van der Waals surface area contributed by atoms with Gasteiger partial charge in [0.2, 0.25) is 5.91 Å². The van der Waals surface area contributed by atoms with Gasteiger partial charge in [0.25, 0.3) is 0 Å². The van der Waals surface area contributed by atoms with Crippen molar-refractivity contribution in [3.63, 3.8) is 0 Å². The Labute approximate surface area is 123 Å². The van der Waals surface area contributed by atoms with Gasteiger partial charge in [-0.05, 0) is 71.9 Å². The first kappa shape index (κ1) is 15.6. The normalized spacial score (nSPS) is 25.6. The number of piperidine rings is 1. The molecule has 3 nitrogen and oxygen atoms in total. The quantitative estimate of drug-likeness (QED) is 0.805. The molecule has 2 rings (SSSR count). The lowest BCUT2D eigenvalue weighted by molar-refractivity contribution is -0.127. The highest BCUT2D eigenvalue weighted by Gasteiger charge is 2.28. The molecule has 1 aliphatic carbocycles. The zero-order valence-electron chi connectivity index (χ0n) is 13.3. The minimum absolute atomic E-state index is 0.108. The highest BCUT2D eigenvalue weighted by atomic mass is 16.2. The number of nitrogens with zero attached hydrogens (tertiary/aromatic N) is 1. The zero-order valence-corrected chi connectivity index (χ0v) is 13.3. The molecule has 114 valence electrons. The standard InChI is InChI=1S/C17H30N2O/c1-17(2,3)18-16(20)15-9-11-19(12-10-15)13-14-7-5-4-6-8-14/h4-5,14-15H,6-13H2,1-3H3,(H,18,20). The maximum Gasteiger partial charge on any atom is 0.223 e. The highest BCUT2D eigenvalue weighted by Crippen LogP contribution is 2.23. The van der Waals surface area contributed by atoms with E-state index in [1.54, 1.807) is 0 Å². The maximum atomic E-state index is 12.2. The number of hydrogen-bond acceptors (Lipinski definition) is 2. The molecule has 1 saturated heterocycles. The lowest BCUT2D eigenvalue weighted by Crippen LogP contribution is -2.47. The van der Waals surface area contributed by atoms with E-state index in [4.69, 9.17) is 0 Å². The average molecular weight is 278 g/mol. The minimum Gasteiger partial charge on any atom is -0.351 e. The van der Waals surface area contributed by atoms with Crippen molar-refractivity contribution in [2.75, 3.05) is 19.6 Å². The Morgan fingerprint density at radius 3 is 2.45 bits per heavy atom. The van der Waals surface area contributed by atoms with E-state index in [1.807, 2.05) is 0 Å². The van der Waals surface area contributed by atoms with E-state index in [0.29, 0.717) is 0 Å². The van der Waals surface area contributed by atoms with Crippen molar-refractivity contribution in [2.45, 2.75) is 58.4 Å². The Kier molecular flexibility index (Phi) is 5.25. The molecule has 1 N–H and O–H groups in total.